The van der Waals surface area contributed by atoms with Gasteiger partial charge in [-0.2, -0.15) is 0 Å². The summed E-state index contributed by atoms with van der Waals surface area (Å²) in [6.45, 7) is 7.74. The van der Waals surface area contributed by atoms with Gasteiger partial charge in [-0.05, 0) is 43.5 Å². The number of hydrogen-bond donors (Lipinski definition) is 2. The summed E-state index contributed by atoms with van der Waals surface area (Å²) >= 11 is 0. The van der Waals surface area contributed by atoms with Crippen molar-refractivity contribution in [2.24, 2.45) is 5.73 Å². The minimum atomic E-state index is -0.867. The first kappa shape index (κ1) is 14.6. The van der Waals surface area contributed by atoms with Crippen LogP contribution < -0.4 is 5.73 Å². The van der Waals surface area contributed by atoms with Crippen LogP contribution in [0.5, 0.6) is 0 Å². The predicted octanol–water partition coefficient (Wildman–Crippen LogP) is 3.12. The maximum atomic E-state index is 11.5. The minimum absolute atomic E-state index is 0.289. The Bertz CT molecular complexity index is 641. The second-order valence-corrected chi connectivity index (χ2v) is 5.45. The quantitative estimate of drug-likeness (QED) is 0.880. The molecule has 0 radical (unpaired) electrons. The van der Waals surface area contributed by atoms with E-state index in [1.54, 1.807) is 6.07 Å². The molecule has 0 atom stereocenters. The van der Waals surface area contributed by atoms with E-state index >= 15 is 0 Å². The lowest BCUT2D eigenvalue weighted by atomic mass is 9.96. The van der Waals surface area contributed by atoms with E-state index in [-0.39, 0.29) is 5.92 Å². The summed E-state index contributed by atoms with van der Waals surface area (Å²) in [5.41, 5.74) is 9.28. The molecule has 0 saturated carbocycles. The summed E-state index contributed by atoms with van der Waals surface area (Å²) in [6, 6.07) is 5.49. The van der Waals surface area contributed by atoms with Crippen LogP contribution >= 0.6 is 0 Å². The fourth-order valence-electron chi connectivity index (χ4n) is 2.98. The van der Waals surface area contributed by atoms with Gasteiger partial charge in [-0.25, -0.2) is 4.79 Å². The number of nitrogens with zero attached hydrogens (tertiary/aromatic N) is 1. The number of rotatable bonds is 5. The van der Waals surface area contributed by atoms with Crippen molar-refractivity contribution < 1.29 is 9.90 Å². The highest BCUT2D eigenvalue weighted by molar-refractivity contribution is 6.05. The third-order valence-corrected chi connectivity index (χ3v) is 3.79. The van der Waals surface area contributed by atoms with Gasteiger partial charge in [0, 0.05) is 23.1 Å². The van der Waals surface area contributed by atoms with Crippen molar-refractivity contribution in [3.8, 4) is 0 Å². The normalized spacial score (nSPS) is 11.4. The largest absolute Gasteiger partial charge is 0.478 e. The van der Waals surface area contributed by atoms with E-state index < -0.39 is 5.97 Å². The van der Waals surface area contributed by atoms with Gasteiger partial charge < -0.3 is 15.4 Å². The number of nitrogens with two attached hydrogens (primary N) is 1. The summed E-state index contributed by atoms with van der Waals surface area (Å²) in [7, 11) is 0. The molecule has 2 aromatic rings. The van der Waals surface area contributed by atoms with E-state index in [9.17, 15) is 9.90 Å². The lowest BCUT2D eigenvalue weighted by Crippen LogP contribution is -2.07. The zero-order chi connectivity index (χ0) is 14.9. The Morgan fingerprint density at radius 1 is 1.40 bits per heavy atom. The Kier molecular flexibility index (Phi) is 4.14. The summed E-state index contributed by atoms with van der Waals surface area (Å²) in [4.78, 5) is 11.5. The molecule has 3 N–H and O–H groups in total. The van der Waals surface area contributed by atoms with E-state index in [4.69, 9.17) is 5.73 Å². The molecule has 0 spiro atoms. The van der Waals surface area contributed by atoms with Crippen molar-refractivity contribution in [1.82, 2.24) is 4.57 Å². The molecule has 0 aliphatic carbocycles. The molecule has 4 heteroatoms. The second kappa shape index (κ2) is 5.67. The number of aromatic carboxylic acids is 1. The van der Waals surface area contributed by atoms with Crippen LogP contribution in [0.25, 0.3) is 10.9 Å². The molecule has 20 heavy (non-hydrogen) atoms. The van der Waals surface area contributed by atoms with Crippen LogP contribution in [0.3, 0.4) is 0 Å². The average Bonchev–Trinajstić information content (AvgIpc) is 2.67. The maximum absolute atomic E-state index is 11.5. The Labute approximate surface area is 119 Å². The molecule has 0 bridgehead atoms. The average molecular weight is 274 g/mol. The first-order valence-electron chi connectivity index (χ1n) is 7.04. The first-order chi connectivity index (χ1) is 9.49. The standard InChI is InChI=1S/C16H22N2O2/c1-10(2)14-11(3)18(9-5-8-17)13-7-4-6-12(15(13)14)16(19)20/h4,6-7,10H,5,8-9,17H2,1-3H3,(H,19,20). The van der Waals surface area contributed by atoms with Gasteiger partial charge in [0.2, 0.25) is 0 Å². The molecule has 2 rings (SSSR count). The fourth-order valence-corrected chi connectivity index (χ4v) is 2.98. The van der Waals surface area contributed by atoms with Crippen molar-refractivity contribution >= 4 is 16.9 Å². The van der Waals surface area contributed by atoms with Gasteiger partial charge in [-0.3, -0.25) is 0 Å². The number of hydrogen-bond acceptors (Lipinski definition) is 2. The van der Waals surface area contributed by atoms with Crippen LogP contribution in [0, 0.1) is 6.92 Å². The van der Waals surface area contributed by atoms with E-state index in [2.05, 4.69) is 25.3 Å². The number of carboxylic acids is 1. The van der Waals surface area contributed by atoms with Gasteiger partial charge >= 0.3 is 5.97 Å². The van der Waals surface area contributed by atoms with E-state index in [1.165, 1.54) is 0 Å². The van der Waals surface area contributed by atoms with Crippen LogP contribution in [0.4, 0.5) is 0 Å². The second-order valence-electron chi connectivity index (χ2n) is 5.45. The number of aromatic nitrogens is 1. The fraction of sp³-hybridized carbons (Fsp3) is 0.438. The number of carbonyl (C=O) groups is 1. The van der Waals surface area contributed by atoms with E-state index in [0.29, 0.717) is 12.1 Å². The Morgan fingerprint density at radius 3 is 2.65 bits per heavy atom. The number of fused-ring (bicyclic) bond motifs is 1. The van der Waals surface area contributed by atoms with Crippen LogP contribution in [0.1, 0.15) is 47.8 Å². The monoisotopic (exact) mass is 274 g/mol. The molecule has 0 fully saturated rings. The summed E-state index contributed by atoms with van der Waals surface area (Å²) in [5, 5.41) is 10.3. The SMILES string of the molecule is Cc1c(C(C)C)c2c(C(=O)O)cccc2n1CCCN. The number of benzene rings is 1. The molecule has 108 valence electrons. The summed E-state index contributed by atoms with van der Waals surface area (Å²) in [6.07, 6.45) is 0.888. The number of carboxylic acid groups (broad SMARTS) is 1. The van der Waals surface area contributed by atoms with Gasteiger partial charge in [-0.15, -0.1) is 0 Å². The minimum Gasteiger partial charge on any atom is -0.478 e. The van der Waals surface area contributed by atoms with Gasteiger partial charge in [0.15, 0.2) is 0 Å². The zero-order valence-corrected chi connectivity index (χ0v) is 12.3. The van der Waals surface area contributed by atoms with E-state index in [0.717, 1.165) is 35.1 Å². The van der Waals surface area contributed by atoms with Crippen molar-refractivity contribution in [2.75, 3.05) is 6.54 Å². The van der Waals surface area contributed by atoms with Gasteiger partial charge in [0.1, 0.15) is 0 Å². The van der Waals surface area contributed by atoms with Crippen LogP contribution in [-0.4, -0.2) is 22.2 Å². The molecular weight excluding hydrogens is 252 g/mol. The smallest absolute Gasteiger partial charge is 0.336 e. The Balaban J connectivity index is 2.79. The van der Waals surface area contributed by atoms with Crippen LogP contribution in [0.2, 0.25) is 0 Å². The molecule has 1 heterocycles. The number of aryl methyl sites for hydroxylation is 1. The van der Waals surface area contributed by atoms with Crippen LogP contribution in [0.15, 0.2) is 18.2 Å². The third kappa shape index (κ3) is 2.31. The van der Waals surface area contributed by atoms with Gasteiger partial charge in [-0.1, -0.05) is 19.9 Å². The lowest BCUT2D eigenvalue weighted by molar-refractivity contribution is 0.0699. The maximum Gasteiger partial charge on any atom is 0.336 e. The topological polar surface area (TPSA) is 68.2 Å². The van der Waals surface area contributed by atoms with E-state index in [1.807, 2.05) is 12.1 Å². The predicted molar refractivity (Wildman–Crippen MR) is 81.4 cm³/mol. The molecule has 0 saturated heterocycles. The van der Waals surface area contributed by atoms with Crippen molar-refractivity contribution in [1.29, 1.82) is 0 Å². The Hall–Kier alpha value is -1.81. The molecule has 0 aliphatic heterocycles. The first-order valence-corrected chi connectivity index (χ1v) is 7.04. The zero-order valence-electron chi connectivity index (χ0n) is 12.3. The molecular formula is C16H22N2O2. The van der Waals surface area contributed by atoms with Crippen molar-refractivity contribution in [2.45, 2.75) is 39.7 Å². The molecule has 0 amide bonds. The van der Waals surface area contributed by atoms with Gasteiger partial charge in [0.25, 0.3) is 0 Å². The highest BCUT2D eigenvalue weighted by atomic mass is 16.4. The lowest BCUT2D eigenvalue weighted by Gasteiger charge is -2.09. The van der Waals surface area contributed by atoms with Gasteiger partial charge in [0.05, 0.1) is 5.56 Å². The van der Waals surface area contributed by atoms with Crippen molar-refractivity contribution in [3.05, 3.63) is 35.0 Å². The summed E-state index contributed by atoms with van der Waals surface area (Å²) < 4.78 is 2.20. The van der Waals surface area contributed by atoms with Crippen molar-refractivity contribution in [3.63, 3.8) is 0 Å². The molecule has 1 aromatic heterocycles. The highest BCUT2D eigenvalue weighted by Gasteiger charge is 2.21. The molecule has 4 nitrogen and oxygen atoms in total. The highest BCUT2D eigenvalue weighted by Crippen LogP contribution is 2.34. The van der Waals surface area contributed by atoms with Crippen LogP contribution in [-0.2, 0) is 6.54 Å². The molecule has 0 unspecified atom stereocenters. The molecule has 0 aliphatic rings. The molecule has 1 aromatic carbocycles. The Morgan fingerprint density at radius 2 is 2.10 bits per heavy atom. The summed E-state index contributed by atoms with van der Waals surface area (Å²) in [5.74, 6) is -0.578. The third-order valence-electron chi connectivity index (χ3n) is 3.79.